The maximum atomic E-state index is 11.7. The van der Waals surface area contributed by atoms with Crippen LogP contribution in [-0.4, -0.2) is 54.0 Å². The van der Waals surface area contributed by atoms with Gasteiger partial charge in [0.1, 0.15) is 6.54 Å². The van der Waals surface area contributed by atoms with Crippen molar-refractivity contribution in [2.24, 2.45) is 5.73 Å². The minimum Gasteiger partial charge on any atom is -0.465 e. The lowest BCUT2D eigenvalue weighted by Crippen LogP contribution is -2.46. The third kappa shape index (κ3) is 3.71. The monoisotopic (exact) mass is 232 g/mol. The summed E-state index contributed by atoms with van der Waals surface area (Å²) in [4.78, 5) is 24.4. The van der Waals surface area contributed by atoms with E-state index in [2.05, 4.69) is 0 Å². The van der Waals surface area contributed by atoms with Crippen molar-refractivity contribution in [1.29, 1.82) is 0 Å². The van der Waals surface area contributed by atoms with E-state index in [-0.39, 0.29) is 18.4 Å². The summed E-state index contributed by atoms with van der Waals surface area (Å²) < 4.78 is 4.79. The number of thioether (sulfide) groups is 1. The van der Waals surface area contributed by atoms with Gasteiger partial charge in [0.25, 0.3) is 0 Å². The lowest BCUT2D eigenvalue weighted by molar-refractivity contribution is -0.148. The molecular formula is C9H16N2O3S. The average molecular weight is 232 g/mol. The standard InChI is InChI=1S/C9H16N2O3S/c1-2-14-8(12)5-11-3-4-15-6-7(10)9(11)13/h7H,2-6,10H2,1H3. The molecule has 0 saturated carbocycles. The first-order valence-electron chi connectivity index (χ1n) is 4.93. The number of esters is 1. The smallest absolute Gasteiger partial charge is 0.325 e. The molecule has 2 N–H and O–H groups in total. The Balaban J connectivity index is 2.51. The van der Waals surface area contributed by atoms with Crippen LogP contribution in [0.5, 0.6) is 0 Å². The Morgan fingerprint density at radius 1 is 1.73 bits per heavy atom. The number of amides is 1. The van der Waals surface area contributed by atoms with Crippen LogP contribution in [-0.2, 0) is 14.3 Å². The number of rotatable bonds is 3. The van der Waals surface area contributed by atoms with Crippen LogP contribution < -0.4 is 5.73 Å². The lowest BCUT2D eigenvalue weighted by Gasteiger charge is -2.20. The van der Waals surface area contributed by atoms with Crippen LogP contribution in [0.25, 0.3) is 0 Å². The topological polar surface area (TPSA) is 72.6 Å². The van der Waals surface area contributed by atoms with Crippen LogP contribution in [0.15, 0.2) is 0 Å². The van der Waals surface area contributed by atoms with Crippen LogP contribution in [0, 0.1) is 0 Å². The Morgan fingerprint density at radius 2 is 2.47 bits per heavy atom. The average Bonchev–Trinajstić information content (AvgIpc) is 2.34. The predicted molar refractivity (Wildman–Crippen MR) is 58.5 cm³/mol. The summed E-state index contributed by atoms with van der Waals surface area (Å²) >= 11 is 1.63. The SMILES string of the molecule is CCOC(=O)CN1CCSCC(N)C1=O. The molecule has 1 fully saturated rings. The maximum Gasteiger partial charge on any atom is 0.325 e. The Morgan fingerprint density at radius 3 is 3.13 bits per heavy atom. The highest BCUT2D eigenvalue weighted by atomic mass is 32.2. The molecule has 1 heterocycles. The molecule has 1 aliphatic rings. The van der Waals surface area contributed by atoms with Crippen LogP contribution in [0.3, 0.4) is 0 Å². The zero-order valence-corrected chi connectivity index (χ0v) is 9.59. The Bertz CT molecular complexity index is 248. The van der Waals surface area contributed by atoms with Gasteiger partial charge in [-0.15, -0.1) is 0 Å². The van der Waals surface area contributed by atoms with Gasteiger partial charge in [-0.05, 0) is 6.92 Å². The van der Waals surface area contributed by atoms with Crippen molar-refractivity contribution in [1.82, 2.24) is 4.90 Å². The van der Waals surface area contributed by atoms with Gasteiger partial charge in [-0.25, -0.2) is 0 Å². The molecule has 0 aliphatic carbocycles. The van der Waals surface area contributed by atoms with Crippen LogP contribution in [0.2, 0.25) is 0 Å². The number of carbonyl (C=O) groups is 2. The normalized spacial score (nSPS) is 22.4. The summed E-state index contributed by atoms with van der Waals surface area (Å²) in [7, 11) is 0. The molecule has 0 aromatic carbocycles. The highest BCUT2D eigenvalue weighted by molar-refractivity contribution is 7.99. The van der Waals surface area contributed by atoms with E-state index in [4.69, 9.17) is 10.5 Å². The number of nitrogens with zero attached hydrogens (tertiary/aromatic N) is 1. The molecule has 1 amide bonds. The highest BCUT2D eigenvalue weighted by Crippen LogP contribution is 2.10. The summed E-state index contributed by atoms with van der Waals surface area (Å²) in [6.07, 6.45) is 0. The number of hydrogen-bond donors (Lipinski definition) is 1. The van der Waals surface area contributed by atoms with E-state index in [1.807, 2.05) is 0 Å². The molecule has 1 unspecified atom stereocenters. The van der Waals surface area contributed by atoms with Crippen molar-refractivity contribution < 1.29 is 14.3 Å². The molecule has 15 heavy (non-hydrogen) atoms. The first-order valence-corrected chi connectivity index (χ1v) is 6.08. The van der Waals surface area contributed by atoms with Gasteiger partial charge >= 0.3 is 5.97 Å². The molecule has 0 radical (unpaired) electrons. The van der Waals surface area contributed by atoms with Crippen LogP contribution >= 0.6 is 11.8 Å². The van der Waals surface area contributed by atoms with Crippen molar-refractivity contribution in [3.05, 3.63) is 0 Å². The van der Waals surface area contributed by atoms with E-state index < -0.39 is 6.04 Å². The number of ether oxygens (including phenoxy) is 1. The fraction of sp³-hybridized carbons (Fsp3) is 0.778. The maximum absolute atomic E-state index is 11.7. The van der Waals surface area contributed by atoms with Crippen molar-refractivity contribution >= 4 is 23.6 Å². The van der Waals surface area contributed by atoms with Crippen molar-refractivity contribution in [2.75, 3.05) is 31.2 Å². The van der Waals surface area contributed by atoms with Crippen molar-refractivity contribution in [3.8, 4) is 0 Å². The molecule has 0 aromatic rings. The van der Waals surface area contributed by atoms with Gasteiger partial charge in [-0.1, -0.05) is 0 Å². The van der Waals surface area contributed by atoms with Gasteiger partial charge in [-0.2, -0.15) is 11.8 Å². The van der Waals surface area contributed by atoms with E-state index in [1.165, 1.54) is 4.90 Å². The quantitative estimate of drug-likeness (QED) is 0.661. The molecule has 6 heteroatoms. The fourth-order valence-corrected chi connectivity index (χ4v) is 2.23. The Hall–Kier alpha value is -0.750. The zero-order chi connectivity index (χ0) is 11.3. The largest absolute Gasteiger partial charge is 0.465 e. The molecular weight excluding hydrogens is 216 g/mol. The highest BCUT2D eigenvalue weighted by Gasteiger charge is 2.25. The third-order valence-electron chi connectivity index (χ3n) is 2.06. The minimum absolute atomic E-state index is 0.0148. The third-order valence-corrected chi connectivity index (χ3v) is 3.12. The fourth-order valence-electron chi connectivity index (χ4n) is 1.32. The van der Waals surface area contributed by atoms with Gasteiger partial charge in [0, 0.05) is 18.1 Å². The molecule has 86 valence electrons. The summed E-state index contributed by atoms with van der Waals surface area (Å²) in [5.74, 6) is 0.912. The Labute approximate surface area is 93.3 Å². The first kappa shape index (κ1) is 12.3. The lowest BCUT2D eigenvalue weighted by atomic mass is 10.3. The van der Waals surface area contributed by atoms with Gasteiger partial charge < -0.3 is 15.4 Å². The van der Waals surface area contributed by atoms with Gasteiger partial charge in [0.15, 0.2) is 0 Å². The molecule has 1 aliphatic heterocycles. The molecule has 5 nitrogen and oxygen atoms in total. The van der Waals surface area contributed by atoms with E-state index in [9.17, 15) is 9.59 Å². The minimum atomic E-state index is -0.494. The predicted octanol–water partition coefficient (Wildman–Crippen LogP) is -0.548. The molecule has 1 saturated heterocycles. The van der Waals surface area contributed by atoms with Gasteiger partial charge in [-0.3, -0.25) is 9.59 Å². The summed E-state index contributed by atoms with van der Waals surface area (Å²) in [5, 5.41) is 0. The van der Waals surface area contributed by atoms with E-state index in [0.29, 0.717) is 18.9 Å². The summed E-state index contributed by atoms with van der Waals surface area (Å²) in [6.45, 7) is 2.66. The molecule has 0 bridgehead atoms. The second kappa shape index (κ2) is 5.97. The van der Waals surface area contributed by atoms with Crippen LogP contribution in [0.4, 0.5) is 0 Å². The molecule has 0 aromatic heterocycles. The van der Waals surface area contributed by atoms with Gasteiger partial charge in [0.2, 0.25) is 5.91 Å². The number of nitrogens with two attached hydrogens (primary N) is 1. The number of hydrogen-bond acceptors (Lipinski definition) is 5. The van der Waals surface area contributed by atoms with Crippen molar-refractivity contribution in [2.45, 2.75) is 13.0 Å². The molecule has 0 spiro atoms. The van der Waals surface area contributed by atoms with Crippen LogP contribution in [0.1, 0.15) is 6.92 Å². The van der Waals surface area contributed by atoms with E-state index >= 15 is 0 Å². The Kier molecular flexibility index (Phi) is 4.90. The summed E-state index contributed by atoms with van der Waals surface area (Å²) in [6, 6.07) is -0.494. The number of carbonyl (C=O) groups excluding carboxylic acids is 2. The zero-order valence-electron chi connectivity index (χ0n) is 8.77. The second-order valence-corrected chi connectivity index (χ2v) is 4.40. The first-order chi connectivity index (χ1) is 7.15. The molecule has 1 atom stereocenters. The summed E-state index contributed by atoms with van der Waals surface area (Å²) in [5.41, 5.74) is 5.65. The van der Waals surface area contributed by atoms with E-state index in [0.717, 1.165) is 5.75 Å². The second-order valence-electron chi connectivity index (χ2n) is 3.25. The molecule has 1 rings (SSSR count). The van der Waals surface area contributed by atoms with Crippen molar-refractivity contribution in [3.63, 3.8) is 0 Å². The van der Waals surface area contributed by atoms with Gasteiger partial charge in [0.05, 0.1) is 12.6 Å². The van der Waals surface area contributed by atoms with E-state index in [1.54, 1.807) is 18.7 Å².